The van der Waals surface area contributed by atoms with Gasteiger partial charge in [0.2, 0.25) is 0 Å². The molecule has 2 rings (SSSR count). The normalized spacial score (nSPS) is 17.1. The Morgan fingerprint density at radius 2 is 2.21 bits per heavy atom. The number of anilines is 1. The number of nitrogens with one attached hydrogen (secondary N) is 1. The van der Waals surface area contributed by atoms with E-state index in [9.17, 15) is 4.79 Å². The Kier molecular flexibility index (Phi) is 4.74. The molecule has 1 amide bonds. The van der Waals surface area contributed by atoms with Gasteiger partial charge in [0.05, 0.1) is 17.4 Å². The van der Waals surface area contributed by atoms with Crippen LogP contribution in [0.1, 0.15) is 23.7 Å². The van der Waals surface area contributed by atoms with Gasteiger partial charge in [0.15, 0.2) is 0 Å². The summed E-state index contributed by atoms with van der Waals surface area (Å²) in [5, 5.41) is 3.20. The Morgan fingerprint density at radius 1 is 1.37 bits per heavy atom. The monoisotopic (exact) mass is 262 g/mol. The van der Waals surface area contributed by atoms with E-state index in [2.05, 4.69) is 22.2 Å². The van der Waals surface area contributed by atoms with Crippen LogP contribution in [-0.4, -0.2) is 60.5 Å². The fourth-order valence-electron chi connectivity index (χ4n) is 2.33. The van der Waals surface area contributed by atoms with E-state index in [1.807, 2.05) is 11.8 Å². The number of pyridine rings is 1. The number of likely N-dealkylation sites (N-methyl/N-ethyl adjacent to an activating group) is 1. The van der Waals surface area contributed by atoms with E-state index in [1.165, 1.54) is 0 Å². The molecular formula is C14H22N4O. The van der Waals surface area contributed by atoms with Gasteiger partial charge in [-0.15, -0.1) is 0 Å². The van der Waals surface area contributed by atoms with Crippen molar-refractivity contribution >= 4 is 11.6 Å². The molecule has 5 heteroatoms. The highest BCUT2D eigenvalue weighted by Crippen LogP contribution is 2.16. The van der Waals surface area contributed by atoms with Crippen LogP contribution < -0.4 is 5.32 Å². The average molecular weight is 262 g/mol. The van der Waals surface area contributed by atoms with Crippen molar-refractivity contribution in [2.24, 2.45) is 0 Å². The third kappa shape index (κ3) is 3.44. The molecule has 0 bridgehead atoms. The van der Waals surface area contributed by atoms with E-state index in [0.717, 1.165) is 50.4 Å². The first-order chi connectivity index (χ1) is 9.22. The molecule has 1 fully saturated rings. The van der Waals surface area contributed by atoms with Crippen LogP contribution in [0, 0.1) is 0 Å². The van der Waals surface area contributed by atoms with Crippen molar-refractivity contribution in [2.75, 3.05) is 45.1 Å². The number of carbonyl (C=O) groups is 1. The standard InChI is InChI=1S/C14H22N4O/c1-3-16-13-11-15-6-5-12(13)14(19)18-8-4-7-17(2)9-10-18/h5-6,11,16H,3-4,7-10H2,1-2H3. The Bertz CT molecular complexity index is 435. The fourth-order valence-corrected chi connectivity index (χ4v) is 2.33. The van der Waals surface area contributed by atoms with Gasteiger partial charge in [-0.05, 0) is 33.0 Å². The first-order valence-corrected chi connectivity index (χ1v) is 6.88. The third-order valence-corrected chi connectivity index (χ3v) is 3.43. The second kappa shape index (κ2) is 6.52. The Balaban J connectivity index is 2.14. The lowest BCUT2D eigenvalue weighted by Gasteiger charge is -2.22. The van der Waals surface area contributed by atoms with Crippen molar-refractivity contribution in [2.45, 2.75) is 13.3 Å². The third-order valence-electron chi connectivity index (χ3n) is 3.43. The van der Waals surface area contributed by atoms with Crippen LogP contribution in [0.3, 0.4) is 0 Å². The molecule has 2 heterocycles. The number of carbonyl (C=O) groups excluding carboxylic acids is 1. The first-order valence-electron chi connectivity index (χ1n) is 6.88. The van der Waals surface area contributed by atoms with Crippen molar-refractivity contribution < 1.29 is 4.79 Å². The first kappa shape index (κ1) is 13.8. The predicted octanol–water partition coefficient (Wildman–Crippen LogP) is 1.29. The van der Waals surface area contributed by atoms with Crippen LogP contribution in [0.2, 0.25) is 0 Å². The zero-order valence-electron chi connectivity index (χ0n) is 11.7. The Labute approximate surface area is 114 Å². The van der Waals surface area contributed by atoms with Crippen molar-refractivity contribution in [3.05, 3.63) is 24.0 Å². The van der Waals surface area contributed by atoms with Gasteiger partial charge < -0.3 is 15.1 Å². The van der Waals surface area contributed by atoms with Gasteiger partial charge in [0.25, 0.3) is 5.91 Å². The van der Waals surface area contributed by atoms with Crippen LogP contribution in [0.5, 0.6) is 0 Å². The topological polar surface area (TPSA) is 48.5 Å². The molecule has 1 aromatic heterocycles. The van der Waals surface area contributed by atoms with Crippen molar-refractivity contribution in [3.63, 3.8) is 0 Å². The highest BCUT2D eigenvalue weighted by molar-refractivity contribution is 5.99. The summed E-state index contributed by atoms with van der Waals surface area (Å²) in [6.07, 6.45) is 4.43. The zero-order chi connectivity index (χ0) is 13.7. The van der Waals surface area contributed by atoms with Crippen LogP contribution >= 0.6 is 0 Å². The molecule has 0 radical (unpaired) electrons. The van der Waals surface area contributed by atoms with Gasteiger partial charge in [-0.25, -0.2) is 0 Å². The quantitative estimate of drug-likeness (QED) is 0.892. The van der Waals surface area contributed by atoms with Gasteiger partial charge >= 0.3 is 0 Å². The zero-order valence-corrected chi connectivity index (χ0v) is 11.7. The number of aromatic nitrogens is 1. The van der Waals surface area contributed by atoms with Crippen LogP contribution in [0.15, 0.2) is 18.5 Å². The van der Waals surface area contributed by atoms with Gasteiger partial charge in [-0.2, -0.15) is 0 Å². The number of nitrogens with zero attached hydrogens (tertiary/aromatic N) is 3. The number of amides is 1. The molecule has 0 saturated carbocycles. The second-order valence-corrected chi connectivity index (χ2v) is 4.90. The summed E-state index contributed by atoms with van der Waals surface area (Å²) in [6, 6.07) is 1.80. The molecule has 104 valence electrons. The minimum atomic E-state index is 0.105. The maximum atomic E-state index is 12.6. The lowest BCUT2D eigenvalue weighted by molar-refractivity contribution is 0.0763. The Morgan fingerprint density at radius 3 is 3.00 bits per heavy atom. The molecule has 0 spiro atoms. The highest BCUT2D eigenvalue weighted by Gasteiger charge is 2.20. The lowest BCUT2D eigenvalue weighted by Crippen LogP contribution is -2.34. The molecule has 0 atom stereocenters. The number of rotatable bonds is 3. The second-order valence-electron chi connectivity index (χ2n) is 4.90. The molecule has 5 nitrogen and oxygen atoms in total. The van der Waals surface area contributed by atoms with Crippen molar-refractivity contribution in [1.29, 1.82) is 0 Å². The fraction of sp³-hybridized carbons (Fsp3) is 0.571. The van der Waals surface area contributed by atoms with E-state index >= 15 is 0 Å². The summed E-state index contributed by atoms with van der Waals surface area (Å²) in [7, 11) is 2.10. The van der Waals surface area contributed by atoms with E-state index in [0.29, 0.717) is 0 Å². The van der Waals surface area contributed by atoms with Gasteiger partial charge in [0.1, 0.15) is 0 Å². The van der Waals surface area contributed by atoms with Gasteiger partial charge in [0, 0.05) is 32.4 Å². The molecule has 1 N–H and O–H groups in total. The van der Waals surface area contributed by atoms with Crippen molar-refractivity contribution in [1.82, 2.24) is 14.8 Å². The van der Waals surface area contributed by atoms with Gasteiger partial charge in [-0.1, -0.05) is 0 Å². The summed E-state index contributed by atoms with van der Waals surface area (Å²) in [6.45, 7) is 6.42. The van der Waals surface area contributed by atoms with E-state index in [4.69, 9.17) is 0 Å². The summed E-state index contributed by atoms with van der Waals surface area (Å²) in [5.74, 6) is 0.105. The minimum absolute atomic E-state index is 0.105. The maximum absolute atomic E-state index is 12.6. The molecule has 0 aliphatic carbocycles. The molecule has 19 heavy (non-hydrogen) atoms. The van der Waals surface area contributed by atoms with Crippen LogP contribution in [-0.2, 0) is 0 Å². The molecule has 0 aromatic carbocycles. The van der Waals surface area contributed by atoms with Gasteiger partial charge in [-0.3, -0.25) is 9.78 Å². The smallest absolute Gasteiger partial charge is 0.256 e. The van der Waals surface area contributed by atoms with Crippen LogP contribution in [0.25, 0.3) is 0 Å². The highest BCUT2D eigenvalue weighted by atomic mass is 16.2. The largest absolute Gasteiger partial charge is 0.383 e. The van der Waals surface area contributed by atoms with Crippen LogP contribution in [0.4, 0.5) is 5.69 Å². The SMILES string of the molecule is CCNc1cnccc1C(=O)N1CCCN(C)CC1. The molecular weight excluding hydrogens is 240 g/mol. The van der Waals surface area contributed by atoms with Crippen molar-refractivity contribution in [3.8, 4) is 0 Å². The molecule has 1 aliphatic rings. The molecule has 0 unspecified atom stereocenters. The predicted molar refractivity (Wildman–Crippen MR) is 76.4 cm³/mol. The summed E-state index contributed by atoms with van der Waals surface area (Å²) in [5.41, 5.74) is 1.55. The summed E-state index contributed by atoms with van der Waals surface area (Å²) < 4.78 is 0. The Hall–Kier alpha value is -1.62. The van der Waals surface area contributed by atoms with E-state index in [1.54, 1.807) is 18.5 Å². The van der Waals surface area contributed by atoms with E-state index < -0.39 is 0 Å². The number of hydrogen-bond acceptors (Lipinski definition) is 4. The van der Waals surface area contributed by atoms with E-state index in [-0.39, 0.29) is 5.91 Å². The molecule has 1 saturated heterocycles. The number of hydrogen-bond donors (Lipinski definition) is 1. The molecule has 1 aromatic rings. The average Bonchev–Trinajstić information content (AvgIpc) is 2.64. The molecule has 1 aliphatic heterocycles. The lowest BCUT2D eigenvalue weighted by atomic mass is 10.2. The summed E-state index contributed by atoms with van der Waals surface area (Å²) in [4.78, 5) is 20.9. The summed E-state index contributed by atoms with van der Waals surface area (Å²) >= 11 is 0. The maximum Gasteiger partial charge on any atom is 0.256 e. The minimum Gasteiger partial charge on any atom is -0.383 e.